The lowest BCUT2D eigenvalue weighted by molar-refractivity contribution is -0.120. The van der Waals surface area contributed by atoms with E-state index in [-0.39, 0.29) is 18.9 Å². The van der Waals surface area contributed by atoms with Crippen molar-refractivity contribution in [1.29, 1.82) is 0 Å². The molecule has 1 N–H and O–H groups in total. The van der Waals surface area contributed by atoms with E-state index < -0.39 is 11.8 Å². The summed E-state index contributed by atoms with van der Waals surface area (Å²) in [6.07, 6.45) is 3.53. The molecule has 2 aromatic heterocycles. The minimum Gasteiger partial charge on any atom is -0.489 e. The van der Waals surface area contributed by atoms with Crippen molar-refractivity contribution in [3.8, 4) is 17.3 Å². The fourth-order valence-corrected chi connectivity index (χ4v) is 5.07. The van der Waals surface area contributed by atoms with E-state index in [4.69, 9.17) is 21.3 Å². The van der Waals surface area contributed by atoms with Gasteiger partial charge in [0, 0.05) is 45.2 Å². The summed E-state index contributed by atoms with van der Waals surface area (Å²) in [6, 6.07) is 11.8. The third-order valence-electron chi connectivity index (χ3n) is 6.98. The van der Waals surface area contributed by atoms with E-state index in [1.165, 1.54) is 11.0 Å². The zero-order chi connectivity index (χ0) is 27.8. The van der Waals surface area contributed by atoms with E-state index in [1.54, 1.807) is 36.1 Å². The molecular formula is C28H25ClFN7O3. The fourth-order valence-electron chi connectivity index (χ4n) is 4.86. The Kier molecular flexibility index (Phi) is 6.91. The highest BCUT2D eigenvalue weighted by atomic mass is 35.5. The lowest BCUT2D eigenvalue weighted by Crippen LogP contribution is -2.50. The number of hydrogen-bond donors (Lipinski definition) is 1. The second-order valence-corrected chi connectivity index (χ2v) is 10.1. The molecule has 0 radical (unpaired) electrons. The number of ether oxygens (including phenoxy) is 1. The molecule has 4 heterocycles. The van der Waals surface area contributed by atoms with Gasteiger partial charge in [-0.05, 0) is 29.8 Å². The van der Waals surface area contributed by atoms with Crippen LogP contribution in [0.4, 0.5) is 15.0 Å². The number of nitrogens with one attached hydrogen (secondary N) is 1. The maximum atomic E-state index is 14.0. The standard InChI is InChI=1S/C28H25ClFN7O3/c1-35-26(37-10-9-25(38)34-28(37)39)12-32-27(35)22-11-31-23-14-36(15-24(23)33-22)13-17-5-7-18(8-6-17)40-16-19-20(29)3-2-4-21(19)30/h2-8,11-12H,9-10,13-16H2,1H3,(H,34,38,39). The number of hydrogen-bond acceptors (Lipinski definition) is 7. The largest absolute Gasteiger partial charge is 0.489 e. The molecule has 0 spiro atoms. The molecule has 4 aromatic rings. The van der Waals surface area contributed by atoms with Crippen LogP contribution in [0, 0.1) is 5.82 Å². The van der Waals surface area contributed by atoms with Crippen molar-refractivity contribution in [1.82, 2.24) is 29.7 Å². The molecule has 1 saturated heterocycles. The summed E-state index contributed by atoms with van der Waals surface area (Å²) in [5.41, 5.74) is 3.83. The van der Waals surface area contributed by atoms with Gasteiger partial charge in [0.15, 0.2) is 5.82 Å². The van der Waals surface area contributed by atoms with Gasteiger partial charge in [-0.15, -0.1) is 0 Å². The van der Waals surface area contributed by atoms with Crippen LogP contribution in [0.15, 0.2) is 54.9 Å². The van der Waals surface area contributed by atoms with Crippen LogP contribution in [0.25, 0.3) is 11.5 Å². The molecule has 0 bridgehead atoms. The van der Waals surface area contributed by atoms with Gasteiger partial charge in [-0.25, -0.2) is 19.2 Å². The molecule has 0 saturated carbocycles. The number of aromatic nitrogens is 4. The Morgan fingerprint density at radius 1 is 1.05 bits per heavy atom. The van der Waals surface area contributed by atoms with Crippen LogP contribution >= 0.6 is 11.6 Å². The highest BCUT2D eigenvalue weighted by molar-refractivity contribution is 6.31. The molecule has 0 aliphatic carbocycles. The number of benzene rings is 2. The first kappa shape index (κ1) is 25.9. The number of rotatable bonds is 7. The number of carbonyl (C=O) groups excluding carboxylic acids is 2. The van der Waals surface area contributed by atoms with Gasteiger partial charge in [-0.2, -0.15) is 0 Å². The van der Waals surface area contributed by atoms with Crippen molar-refractivity contribution in [2.45, 2.75) is 32.7 Å². The third-order valence-corrected chi connectivity index (χ3v) is 7.33. The number of anilines is 1. The molecule has 2 aromatic carbocycles. The third kappa shape index (κ3) is 5.13. The molecule has 2 aliphatic heterocycles. The van der Waals surface area contributed by atoms with Crippen LogP contribution in [0.1, 0.15) is 28.9 Å². The SMILES string of the molecule is Cn1c(N2CCC(=O)NC2=O)cnc1-c1cnc2c(n1)CN(Cc1ccc(OCc3c(F)cccc3Cl)cc1)C2. The number of imide groups is 1. The van der Waals surface area contributed by atoms with Gasteiger partial charge < -0.3 is 9.30 Å². The lowest BCUT2D eigenvalue weighted by Gasteiger charge is -2.26. The van der Waals surface area contributed by atoms with Crippen molar-refractivity contribution >= 4 is 29.4 Å². The summed E-state index contributed by atoms with van der Waals surface area (Å²) < 4.78 is 21.5. The quantitative estimate of drug-likeness (QED) is 0.360. The van der Waals surface area contributed by atoms with Gasteiger partial charge >= 0.3 is 6.03 Å². The summed E-state index contributed by atoms with van der Waals surface area (Å²) >= 11 is 6.08. The van der Waals surface area contributed by atoms with Crippen LogP contribution in [-0.2, 0) is 38.1 Å². The van der Waals surface area contributed by atoms with E-state index in [2.05, 4.69) is 20.2 Å². The molecule has 0 unspecified atom stereocenters. The van der Waals surface area contributed by atoms with Crippen molar-refractivity contribution in [2.75, 3.05) is 11.4 Å². The minimum absolute atomic E-state index is 0.0500. The van der Waals surface area contributed by atoms with Gasteiger partial charge in [0.1, 0.15) is 29.7 Å². The van der Waals surface area contributed by atoms with Crippen LogP contribution in [0.5, 0.6) is 5.75 Å². The summed E-state index contributed by atoms with van der Waals surface area (Å²) in [5, 5.41) is 2.67. The van der Waals surface area contributed by atoms with Crippen molar-refractivity contribution in [2.24, 2.45) is 7.05 Å². The van der Waals surface area contributed by atoms with Gasteiger partial charge in [0.2, 0.25) is 5.91 Å². The second kappa shape index (κ2) is 10.7. The van der Waals surface area contributed by atoms with Crippen LogP contribution in [-0.4, -0.2) is 42.9 Å². The maximum absolute atomic E-state index is 14.0. The fraction of sp³-hybridized carbons (Fsp3) is 0.250. The zero-order valence-corrected chi connectivity index (χ0v) is 22.4. The average molecular weight is 562 g/mol. The van der Waals surface area contributed by atoms with E-state index in [0.717, 1.165) is 17.0 Å². The number of imidazole rings is 1. The van der Waals surface area contributed by atoms with E-state index >= 15 is 0 Å². The Morgan fingerprint density at radius 2 is 1.85 bits per heavy atom. The van der Waals surface area contributed by atoms with Crippen LogP contribution in [0.2, 0.25) is 5.02 Å². The Bertz CT molecular complexity index is 1590. The van der Waals surface area contributed by atoms with Gasteiger partial charge in [0.05, 0.1) is 28.8 Å². The summed E-state index contributed by atoms with van der Waals surface area (Å²) in [5.74, 6) is 1.11. The molecule has 0 atom stereocenters. The molecule has 12 heteroatoms. The molecule has 40 heavy (non-hydrogen) atoms. The first-order valence-electron chi connectivity index (χ1n) is 12.7. The Labute approximate surface area is 234 Å². The molecule has 1 fully saturated rings. The predicted molar refractivity (Wildman–Crippen MR) is 145 cm³/mol. The number of halogens is 2. The monoisotopic (exact) mass is 561 g/mol. The van der Waals surface area contributed by atoms with Crippen molar-refractivity contribution in [3.63, 3.8) is 0 Å². The number of nitrogens with zero attached hydrogens (tertiary/aromatic N) is 6. The lowest BCUT2D eigenvalue weighted by atomic mass is 10.2. The summed E-state index contributed by atoms with van der Waals surface area (Å²) in [7, 11) is 1.81. The first-order valence-corrected chi connectivity index (χ1v) is 13.1. The number of fused-ring (bicyclic) bond motifs is 1. The van der Waals surface area contributed by atoms with E-state index in [1.807, 2.05) is 24.3 Å². The molecule has 2 aliphatic rings. The van der Waals surface area contributed by atoms with E-state index in [9.17, 15) is 14.0 Å². The summed E-state index contributed by atoms with van der Waals surface area (Å²) in [6.45, 7) is 2.34. The molecule has 6 rings (SSSR count). The van der Waals surface area contributed by atoms with Crippen LogP contribution < -0.4 is 15.0 Å². The summed E-state index contributed by atoms with van der Waals surface area (Å²) in [4.78, 5) is 41.4. The highest BCUT2D eigenvalue weighted by Gasteiger charge is 2.28. The van der Waals surface area contributed by atoms with Crippen LogP contribution in [0.3, 0.4) is 0 Å². The van der Waals surface area contributed by atoms with Gasteiger partial charge in [0.25, 0.3) is 0 Å². The van der Waals surface area contributed by atoms with Gasteiger partial charge in [-0.3, -0.25) is 24.9 Å². The Balaban J connectivity index is 1.09. The molecule has 204 valence electrons. The Morgan fingerprint density at radius 3 is 2.62 bits per heavy atom. The predicted octanol–water partition coefficient (Wildman–Crippen LogP) is 4.21. The smallest absolute Gasteiger partial charge is 0.329 e. The maximum Gasteiger partial charge on any atom is 0.329 e. The Hall–Kier alpha value is -4.35. The topological polar surface area (TPSA) is 105 Å². The number of amides is 3. The number of carbonyl (C=O) groups is 2. The van der Waals surface area contributed by atoms with Gasteiger partial charge in [-0.1, -0.05) is 29.8 Å². The van der Waals surface area contributed by atoms with Crippen molar-refractivity contribution < 1.29 is 18.7 Å². The zero-order valence-electron chi connectivity index (χ0n) is 21.6. The number of urea groups is 1. The first-order chi connectivity index (χ1) is 19.4. The average Bonchev–Trinajstić information content (AvgIpc) is 3.51. The normalized spacial score (nSPS) is 15.3. The highest BCUT2D eigenvalue weighted by Crippen LogP contribution is 2.28. The van der Waals surface area contributed by atoms with Crippen molar-refractivity contribution in [3.05, 3.63) is 88.2 Å². The molecule has 10 nitrogen and oxygen atoms in total. The minimum atomic E-state index is -0.462. The van der Waals surface area contributed by atoms with E-state index in [0.29, 0.717) is 59.9 Å². The second-order valence-electron chi connectivity index (χ2n) is 9.68. The molecule has 3 amide bonds. The molecular weight excluding hydrogens is 537 g/mol.